The summed E-state index contributed by atoms with van der Waals surface area (Å²) in [4.78, 5) is 27.8. The van der Waals surface area contributed by atoms with Gasteiger partial charge in [-0.2, -0.15) is 0 Å². The lowest BCUT2D eigenvalue weighted by Gasteiger charge is -2.11. The second kappa shape index (κ2) is 7.69. The first-order valence-electron chi connectivity index (χ1n) is 7.47. The van der Waals surface area contributed by atoms with Crippen LogP contribution in [0.4, 0.5) is 10.5 Å². The molecule has 0 aromatic heterocycles. The van der Waals surface area contributed by atoms with Crippen molar-refractivity contribution in [3.05, 3.63) is 42.5 Å². The standard InChI is InChI=1S/C16H17N5O2S/c22-14(10-24-16-17-8-9-18-16)20-21-15(23)19-13-7-3-5-11-4-1-2-6-12(11)13/h1-7H,8-10H2,(H,17,18)(H,20,22)(H2,19,21,23). The van der Waals surface area contributed by atoms with E-state index in [0.717, 1.165) is 29.0 Å². The van der Waals surface area contributed by atoms with Gasteiger partial charge in [-0.1, -0.05) is 48.2 Å². The molecular formula is C16H17N5O2S. The van der Waals surface area contributed by atoms with Gasteiger partial charge >= 0.3 is 6.03 Å². The zero-order valence-electron chi connectivity index (χ0n) is 12.8. The van der Waals surface area contributed by atoms with Crippen LogP contribution in [0.5, 0.6) is 0 Å². The average Bonchev–Trinajstić information content (AvgIpc) is 3.12. The molecule has 0 aliphatic carbocycles. The number of benzene rings is 2. The molecule has 2 aromatic rings. The number of hydrazine groups is 1. The Hall–Kier alpha value is -2.74. The summed E-state index contributed by atoms with van der Waals surface area (Å²) in [5.41, 5.74) is 5.40. The zero-order valence-corrected chi connectivity index (χ0v) is 13.7. The molecule has 1 heterocycles. The van der Waals surface area contributed by atoms with E-state index < -0.39 is 6.03 Å². The number of nitrogens with zero attached hydrogens (tertiary/aromatic N) is 1. The third kappa shape index (κ3) is 4.17. The van der Waals surface area contributed by atoms with Crippen molar-refractivity contribution in [3.63, 3.8) is 0 Å². The molecule has 1 aliphatic heterocycles. The summed E-state index contributed by atoms with van der Waals surface area (Å²) in [5, 5.41) is 8.51. The normalized spacial score (nSPS) is 13.1. The number of hydrogen-bond acceptors (Lipinski definition) is 5. The molecule has 8 heteroatoms. The highest BCUT2D eigenvalue weighted by atomic mass is 32.2. The average molecular weight is 343 g/mol. The Morgan fingerprint density at radius 2 is 1.96 bits per heavy atom. The maximum Gasteiger partial charge on any atom is 0.337 e. The fourth-order valence-electron chi connectivity index (χ4n) is 2.26. The van der Waals surface area contributed by atoms with Crippen LogP contribution in [0.25, 0.3) is 10.8 Å². The van der Waals surface area contributed by atoms with Crippen LogP contribution in [0.15, 0.2) is 47.5 Å². The Balaban J connectivity index is 1.49. The predicted molar refractivity (Wildman–Crippen MR) is 97.0 cm³/mol. The molecule has 124 valence electrons. The highest BCUT2D eigenvalue weighted by Crippen LogP contribution is 2.22. The number of thioether (sulfide) groups is 1. The summed E-state index contributed by atoms with van der Waals surface area (Å²) < 4.78 is 0. The largest absolute Gasteiger partial charge is 0.363 e. The number of aliphatic imine (C=N–C) groups is 1. The molecule has 2 aromatic carbocycles. The van der Waals surface area contributed by atoms with Crippen LogP contribution in [0.1, 0.15) is 0 Å². The first kappa shape index (κ1) is 16.1. The van der Waals surface area contributed by atoms with Gasteiger partial charge in [-0.3, -0.25) is 15.2 Å². The number of carbonyl (C=O) groups excluding carboxylic acids is 2. The Kier molecular flexibility index (Phi) is 5.17. The Bertz CT molecular complexity index is 788. The van der Waals surface area contributed by atoms with E-state index in [1.165, 1.54) is 11.8 Å². The predicted octanol–water partition coefficient (Wildman–Crippen LogP) is 1.68. The second-order valence-electron chi connectivity index (χ2n) is 5.06. The van der Waals surface area contributed by atoms with Gasteiger partial charge in [0.15, 0.2) is 5.17 Å². The molecule has 0 fully saturated rings. The molecule has 0 saturated carbocycles. The SMILES string of the molecule is O=C(CSC1=NCCN1)NNC(=O)Nc1cccc2ccccc12. The molecule has 3 amide bonds. The van der Waals surface area contributed by atoms with E-state index in [0.29, 0.717) is 5.69 Å². The van der Waals surface area contributed by atoms with Gasteiger partial charge in [0.1, 0.15) is 0 Å². The summed E-state index contributed by atoms with van der Waals surface area (Å²) in [6.07, 6.45) is 0. The van der Waals surface area contributed by atoms with E-state index in [9.17, 15) is 9.59 Å². The first-order valence-corrected chi connectivity index (χ1v) is 8.45. The maximum atomic E-state index is 11.9. The van der Waals surface area contributed by atoms with Gasteiger partial charge < -0.3 is 10.6 Å². The third-order valence-corrected chi connectivity index (χ3v) is 4.29. The quantitative estimate of drug-likeness (QED) is 0.638. The zero-order chi connectivity index (χ0) is 16.8. The summed E-state index contributed by atoms with van der Waals surface area (Å²) in [7, 11) is 0. The van der Waals surface area contributed by atoms with Crippen molar-refractivity contribution in [1.29, 1.82) is 0 Å². The van der Waals surface area contributed by atoms with Gasteiger partial charge in [-0.15, -0.1) is 0 Å². The molecule has 3 rings (SSSR count). The summed E-state index contributed by atoms with van der Waals surface area (Å²) in [6, 6.07) is 12.9. The van der Waals surface area contributed by atoms with Crippen molar-refractivity contribution < 1.29 is 9.59 Å². The summed E-state index contributed by atoms with van der Waals surface area (Å²) in [5.74, 6) is -0.120. The molecular weight excluding hydrogens is 326 g/mol. The number of anilines is 1. The van der Waals surface area contributed by atoms with Crippen LogP contribution in [0.2, 0.25) is 0 Å². The minimum atomic E-state index is -0.499. The molecule has 24 heavy (non-hydrogen) atoms. The van der Waals surface area contributed by atoms with E-state index in [4.69, 9.17) is 0 Å². The van der Waals surface area contributed by atoms with E-state index >= 15 is 0 Å². The van der Waals surface area contributed by atoms with Gasteiger partial charge in [0.05, 0.1) is 18.0 Å². The van der Waals surface area contributed by atoms with Gasteiger partial charge in [0, 0.05) is 11.9 Å². The molecule has 4 N–H and O–H groups in total. The van der Waals surface area contributed by atoms with Crippen LogP contribution < -0.4 is 21.5 Å². The van der Waals surface area contributed by atoms with E-state index in [2.05, 4.69) is 26.5 Å². The highest BCUT2D eigenvalue weighted by Gasteiger charge is 2.10. The highest BCUT2D eigenvalue weighted by molar-refractivity contribution is 8.14. The number of nitrogens with one attached hydrogen (secondary N) is 4. The molecule has 0 radical (unpaired) electrons. The van der Waals surface area contributed by atoms with Gasteiger partial charge in [0.2, 0.25) is 5.91 Å². The molecule has 0 unspecified atom stereocenters. The third-order valence-electron chi connectivity index (χ3n) is 3.34. The lowest BCUT2D eigenvalue weighted by Crippen LogP contribution is -2.44. The fraction of sp³-hybridized carbons (Fsp3) is 0.188. The van der Waals surface area contributed by atoms with E-state index in [1.807, 2.05) is 42.5 Å². The molecule has 0 atom stereocenters. The van der Waals surface area contributed by atoms with Crippen molar-refractivity contribution in [2.24, 2.45) is 4.99 Å². The van der Waals surface area contributed by atoms with Crippen LogP contribution in [-0.2, 0) is 4.79 Å². The van der Waals surface area contributed by atoms with Gasteiger partial charge in [0.25, 0.3) is 0 Å². The maximum absolute atomic E-state index is 11.9. The molecule has 0 saturated heterocycles. The summed E-state index contributed by atoms with van der Waals surface area (Å²) >= 11 is 1.30. The lowest BCUT2D eigenvalue weighted by molar-refractivity contribution is -0.119. The van der Waals surface area contributed by atoms with Crippen LogP contribution >= 0.6 is 11.8 Å². The number of amides is 3. The number of rotatable bonds is 3. The number of hydrogen-bond donors (Lipinski definition) is 4. The number of fused-ring (bicyclic) bond motifs is 1. The number of carbonyl (C=O) groups is 2. The Morgan fingerprint density at radius 1 is 1.12 bits per heavy atom. The van der Waals surface area contributed by atoms with Gasteiger partial charge in [-0.25, -0.2) is 10.2 Å². The number of amidine groups is 1. The Morgan fingerprint density at radius 3 is 2.79 bits per heavy atom. The van der Waals surface area contributed by atoms with Crippen molar-refractivity contribution in [3.8, 4) is 0 Å². The van der Waals surface area contributed by atoms with Crippen molar-refractivity contribution in [2.45, 2.75) is 0 Å². The van der Waals surface area contributed by atoms with Crippen molar-refractivity contribution in [1.82, 2.24) is 16.2 Å². The van der Waals surface area contributed by atoms with E-state index in [1.54, 1.807) is 0 Å². The smallest absolute Gasteiger partial charge is 0.337 e. The molecule has 0 bridgehead atoms. The molecule has 7 nitrogen and oxygen atoms in total. The summed E-state index contributed by atoms with van der Waals surface area (Å²) in [6.45, 7) is 1.53. The minimum Gasteiger partial charge on any atom is -0.363 e. The van der Waals surface area contributed by atoms with Crippen LogP contribution in [-0.4, -0.2) is 35.9 Å². The second-order valence-corrected chi connectivity index (χ2v) is 6.02. The van der Waals surface area contributed by atoms with E-state index in [-0.39, 0.29) is 11.7 Å². The van der Waals surface area contributed by atoms with Crippen molar-refractivity contribution >= 4 is 45.3 Å². The fourth-order valence-corrected chi connectivity index (χ4v) is 2.98. The Labute approximate surface area is 143 Å². The first-order chi connectivity index (χ1) is 11.7. The van der Waals surface area contributed by atoms with Crippen LogP contribution in [0.3, 0.4) is 0 Å². The molecule has 0 spiro atoms. The number of urea groups is 1. The monoisotopic (exact) mass is 343 g/mol. The van der Waals surface area contributed by atoms with Crippen LogP contribution in [0, 0.1) is 0 Å². The topological polar surface area (TPSA) is 94.6 Å². The van der Waals surface area contributed by atoms with Crippen molar-refractivity contribution in [2.75, 3.05) is 24.2 Å². The van der Waals surface area contributed by atoms with Gasteiger partial charge in [-0.05, 0) is 11.5 Å². The molecule has 1 aliphatic rings. The minimum absolute atomic E-state index is 0.181. The lowest BCUT2D eigenvalue weighted by atomic mass is 10.1.